The average molecular weight is 383 g/mol. The summed E-state index contributed by atoms with van der Waals surface area (Å²) in [5.74, 6) is 0.588. The van der Waals surface area contributed by atoms with Crippen LogP contribution in [0.2, 0.25) is 0 Å². The largest absolute Gasteiger partial charge is 1.00 e. The van der Waals surface area contributed by atoms with E-state index in [1.54, 1.807) is 0 Å². The highest BCUT2D eigenvalue weighted by molar-refractivity contribution is 5.78. The van der Waals surface area contributed by atoms with Crippen LogP contribution in [0.25, 0.3) is 0 Å². The summed E-state index contributed by atoms with van der Waals surface area (Å²) >= 11 is 0. The SMILES string of the molecule is C[N+](C)(CC[N+](C)(C)CN1CCCC1=O)CN1CCCC1=O.[Cl-].[Cl-]. The predicted octanol–water partition coefficient (Wildman–Crippen LogP) is -5.69. The fourth-order valence-corrected chi connectivity index (χ4v) is 3.31. The normalized spacial score (nSPS) is 18.7. The average Bonchev–Trinajstić information content (AvgIpc) is 2.98. The van der Waals surface area contributed by atoms with E-state index in [1.165, 1.54) is 0 Å². The fraction of sp³-hybridized carbons (Fsp3) is 0.875. The summed E-state index contributed by atoms with van der Waals surface area (Å²) in [7, 11) is 8.75. The van der Waals surface area contributed by atoms with Crippen molar-refractivity contribution in [3.05, 3.63) is 0 Å². The Morgan fingerprint density at radius 2 is 1.08 bits per heavy atom. The second-order valence-corrected chi connectivity index (χ2v) is 8.12. The zero-order valence-corrected chi connectivity index (χ0v) is 16.9. The van der Waals surface area contributed by atoms with Crippen molar-refractivity contribution in [3.63, 3.8) is 0 Å². The van der Waals surface area contributed by atoms with Crippen LogP contribution in [0.3, 0.4) is 0 Å². The van der Waals surface area contributed by atoms with Crippen LogP contribution in [0.15, 0.2) is 0 Å². The van der Waals surface area contributed by atoms with Gasteiger partial charge >= 0.3 is 0 Å². The lowest BCUT2D eigenvalue weighted by atomic mass is 10.4. The van der Waals surface area contributed by atoms with E-state index in [0.29, 0.717) is 24.7 Å². The van der Waals surface area contributed by atoms with Gasteiger partial charge in [0, 0.05) is 25.9 Å². The molecule has 24 heavy (non-hydrogen) atoms. The first kappa shape index (κ1) is 23.4. The summed E-state index contributed by atoms with van der Waals surface area (Å²) in [6.07, 6.45) is 3.41. The Hall–Kier alpha value is -0.560. The zero-order valence-electron chi connectivity index (χ0n) is 15.4. The molecule has 0 unspecified atom stereocenters. The third kappa shape index (κ3) is 6.75. The summed E-state index contributed by atoms with van der Waals surface area (Å²) in [5.41, 5.74) is 0. The third-order valence-corrected chi connectivity index (χ3v) is 4.76. The number of amides is 2. The lowest BCUT2D eigenvalue weighted by molar-refractivity contribution is -0.953. The number of halogens is 2. The van der Waals surface area contributed by atoms with Gasteiger partial charge in [0.2, 0.25) is 11.8 Å². The number of carbonyl (C=O) groups excluding carboxylic acids is 2. The number of quaternary nitrogens is 2. The van der Waals surface area contributed by atoms with Gasteiger partial charge in [-0.25, -0.2) is 0 Å². The molecule has 0 radical (unpaired) electrons. The number of likely N-dealkylation sites (tertiary alicyclic amines) is 2. The van der Waals surface area contributed by atoms with Crippen LogP contribution in [0.4, 0.5) is 0 Å². The van der Waals surface area contributed by atoms with Crippen molar-refractivity contribution in [2.45, 2.75) is 25.7 Å². The summed E-state index contributed by atoms with van der Waals surface area (Å²) < 4.78 is 1.64. The minimum absolute atomic E-state index is 0. The molecule has 0 N–H and O–H groups in total. The van der Waals surface area contributed by atoms with Crippen molar-refractivity contribution in [2.75, 3.05) is 67.7 Å². The lowest BCUT2D eigenvalue weighted by Gasteiger charge is -2.38. The van der Waals surface area contributed by atoms with Crippen LogP contribution in [-0.2, 0) is 9.59 Å². The van der Waals surface area contributed by atoms with Gasteiger partial charge in [-0.1, -0.05) is 0 Å². The van der Waals surface area contributed by atoms with Crippen LogP contribution >= 0.6 is 0 Å². The minimum Gasteiger partial charge on any atom is -1.00 e. The van der Waals surface area contributed by atoms with E-state index in [-0.39, 0.29) is 24.8 Å². The maximum absolute atomic E-state index is 11.8. The molecule has 142 valence electrons. The molecule has 2 amide bonds. The number of hydrogen-bond donors (Lipinski definition) is 0. The summed E-state index contributed by atoms with van der Waals surface area (Å²) in [5, 5.41) is 0. The van der Waals surface area contributed by atoms with Crippen molar-refractivity contribution in [2.24, 2.45) is 0 Å². The molecule has 8 heteroatoms. The number of carbonyl (C=O) groups is 2. The van der Waals surface area contributed by atoms with Crippen LogP contribution in [0, 0.1) is 0 Å². The number of likely N-dealkylation sites (N-methyl/N-ethyl adjacent to an activating group) is 2. The zero-order chi connectivity index (χ0) is 16.4. The van der Waals surface area contributed by atoms with Crippen molar-refractivity contribution in [1.82, 2.24) is 9.80 Å². The highest BCUT2D eigenvalue weighted by Gasteiger charge is 2.31. The van der Waals surface area contributed by atoms with Crippen LogP contribution in [0.5, 0.6) is 0 Å². The second-order valence-electron chi connectivity index (χ2n) is 8.12. The van der Waals surface area contributed by atoms with Crippen molar-refractivity contribution in [1.29, 1.82) is 0 Å². The Morgan fingerprint density at radius 1 is 0.750 bits per heavy atom. The smallest absolute Gasteiger partial charge is 0.226 e. The molecule has 2 aliphatic rings. The molecule has 2 aliphatic heterocycles. The standard InChI is InChI=1S/C16H32N4O2.2ClH/c1-19(2,13-17-9-5-7-15(17)21)11-12-20(3,4)14-18-10-6-8-16(18)22;;/h5-14H2,1-4H3;2*1H/q+2;;/p-2. The van der Waals surface area contributed by atoms with Crippen LogP contribution in [0.1, 0.15) is 25.7 Å². The Labute approximate surface area is 158 Å². The first-order valence-electron chi connectivity index (χ1n) is 8.38. The van der Waals surface area contributed by atoms with E-state index in [9.17, 15) is 9.59 Å². The van der Waals surface area contributed by atoms with Crippen molar-refractivity contribution < 1.29 is 43.4 Å². The van der Waals surface area contributed by atoms with E-state index >= 15 is 0 Å². The van der Waals surface area contributed by atoms with Gasteiger partial charge in [-0.2, -0.15) is 0 Å². The Balaban J connectivity index is 0.00000264. The van der Waals surface area contributed by atoms with Gasteiger partial charge in [0.25, 0.3) is 0 Å². The lowest BCUT2D eigenvalue weighted by Crippen LogP contribution is -3.00. The monoisotopic (exact) mass is 382 g/mol. The molecule has 0 aromatic heterocycles. The van der Waals surface area contributed by atoms with E-state index in [1.807, 2.05) is 9.80 Å². The fourth-order valence-electron chi connectivity index (χ4n) is 3.31. The third-order valence-electron chi connectivity index (χ3n) is 4.76. The summed E-state index contributed by atoms with van der Waals surface area (Å²) in [4.78, 5) is 27.6. The maximum Gasteiger partial charge on any atom is 0.226 e. The molecule has 0 bridgehead atoms. The molecule has 0 spiro atoms. The molecule has 2 saturated heterocycles. The summed E-state index contributed by atoms with van der Waals surface area (Å²) in [6.45, 7) is 5.39. The van der Waals surface area contributed by atoms with E-state index in [0.717, 1.165) is 61.3 Å². The molecular weight excluding hydrogens is 351 g/mol. The maximum atomic E-state index is 11.8. The summed E-state index contributed by atoms with van der Waals surface area (Å²) in [6, 6.07) is 0. The van der Waals surface area contributed by atoms with Gasteiger partial charge in [-0.05, 0) is 12.8 Å². The Kier molecular flexibility index (Phi) is 9.01. The first-order chi connectivity index (χ1) is 10.2. The van der Waals surface area contributed by atoms with Gasteiger partial charge in [0.05, 0.1) is 28.2 Å². The topological polar surface area (TPSA) is 40.6 Å². The number of rotatable bonds is 7. The highest BCUT2D eigenvalue weighted by Crippen LogP contribution is 2.15. The Bertz CT molecular complexity index is 404. The van der Waals surface area contributed by atoms with E-state index < -0.39 is 0 Å². The Morgan fingerprint density at radius 3 is 1.33 bits per heavy atom. The van der Waals surface area contributed by atoms with E-state index in [2.05, 4.69) is 28.2 Å². The van der Waals surface area contributed by atoms with Gasteiger partial charge in [-0.3, -0.25) is 19.4 Å². The van der Waals surface area contributed by atoms with E-state index in [4.69, 9.17) is 0 Å². The van der Waals surface area contributed by atoms with Gasteiger partial charge in [-0.15, -0.1) is 0 Å². The molecule has 0 saturated carbocycles. The molecule has 2 fully saturated rings. The van der Waals surface area contributed by atoms with Crippen molar-refractivity contribution >= 4 is 11.8 Å². The molecule has 0 atom stereocenters. The van der Waals surface area contributed by atoms with Crippen LogP contribution < -0.4 is 24.8 Å². The second kappa shape index (κ2) is 9.22. The quantitative estimate of drug-likeness (QED) is 0.412. The molecule has 0 aliphatic carbocycles. The van der Waals surface area contributed by atoms with Gasteiger partial charge in [0.15, 0.2) is 13.3 Å². The minimum atomic E-state index is 0. The molecule has 2 heterocycles. The molecule has 0 aromatic carbocycles. The first-order valence-corrected chi connectivity index (χ1v) is 8.38. The number of hydrogen-bond acceptors (Lipinski definition) is 2. The highest BCUT2D eigenvalue weighted by atomic mass is 35.5. The van der Waals surface area contributed by atoms with Crippen LogP contribution in [-0.4, -0.2) is 98.3 Å². The number of nitrogens with zero attached hydrogens (tertiary/aromatic N) is 4. The predicted molar refractivity (Wildman–Crippen MR) is 85.6 cm³/mol. The molecular formula is C16H32Cl2N4O2. The molecule has 0 aromatic rings. The molecule has 6 nitrogen and oxygen atoms in total. The van der Waals surface area contributed by atoms with Gasteiger partial charge in [0.1, 0.15) is 13.1 Å². The van der Waals surface area contributed by atoms with Gasteiger partial charge < -0.3 is 33.8 Å². The molecule has 2 rings (SSSR count). The van der Waals surface area contributed by atoms with Crippen molar-refractivity contribution in [3.8, 4) is 0 Å².